The molecule has 4 heteroatoms. The van der Waals surface area contributed by atoms with Crippen LogP contribution in [0, 0.1) is 13.8 Å². The minimum Gasteiger partial charge on any atom is -0.357 e. The first-order valence-electron chi connectivity index (χ1n) is 6.23. The number of rotatable bonds is 6. The third-order valence-corrected chi connectivity index (χ3v) is 3.02. The predicted octanol–water partition coefficient (Wildman–Crippen LogP) is 3.43. The summed E-state index contributed by atoms with van der Waals surface area (Å²) in [7, 11) is 0. The van der Waals surface area contributed by atoms with E-state index in [2.05, 4.69) is 0 Å². The van der Waals surface area contributed by atoms with E-state index < -0.39 is 0 Å². The predicted molar refractivity (Wildman–Crippen MR) is 79.8 cm³/mol. The summed E-state index contributed by atoms with van der Waals surface area (Å²) in [5.41, 5.74) is 2.95. The van der Waals surface area contributed by atoms with E-state index in [4.69, 9.17) is 16.3 Å². The number of ether oxygens (including phenoxy) is 1. The summed E-state index contributed by atoms with van der Waals surface area (Å²) in [4.78, 5) is 13.6. The first-order valence-corrected chi connectivity index (χ1v) is 6.76. The molecule has 0 saturated heterocycles. The minimum atomic E-state index is -0.153. The van der Waals surface area contributed by atoms with Gasteiger partial charge >= 0.3 is 0 Å². The zero-order valence-corrected chi connectivity index (χ0v) is 12.4. The number of benzene rings is 1. The van der Waals surface area contributed by atoms with Gasteiger partial charge in [0.15, 0.2) is 0 Å². The van der Waals surface area contributed by atoms with Crippen molar-refractivity contribution >= 4 is 23.2 Å². The average molecular weight is 282 g/mol. The summed E-state index contributed by atoms with van der Waals surface area (Å²) in [6.45, 7) is 6.57. The molecule has 0 N–H and O–H groups in total. The number of carbonyl (C=O) groups excluding carboxylic acids is 1. The average Bonchev–Trinajstić information content (AvgIpc) is 2.40. The molecule has 0 atom stereocenters. The van der Waals surface area contributed by atoms with Crippen LogP contribution in [0.5, 0.6) is 0 Å². The number of para-hydroxylation sites is 1. The molecule has 0 bridgehead atoms. The number of hydrogen-bond donors (Lipinski definition) is 0. The topological polar surface area (TPSA) is 29.5 Å². The van der Waals surface area contributed by atoms with Gasteiger partial charge in [-0.15, -0.1) is 11.6 Å². The van der Waals surface area contributed by atoms with Crippen molar-refractivity contribution in [3.05, 3.63) is 41.5 Å². The highest BCUT2D eigenvalue weighted by Crippen LogP contribution is 2.24. The lowest BCUT2D eigenvalue weighted by atomic mass is 10.1. The lowest BCUT2D eigenvalue weighted by Gasteiger charge is -2.25. The molecule has 0 radical (unpaired) electrons. The van der Waals surface area contributed by atoms with Crippen molar-refractivity contribution in [2.24, 2.45) is 0 Å². The van der Waals surface area contributed by atoms with Crippen LogP contribution in [0.25, 0.3) is 0 Å². The number of carbonyl (C=O) groups is 1. The second kappa shape index (κ2) is 7.97. The van der Waals surface area contributed by atoms with Gasteiger partial charge in [0.2, 0.25) is 5.91 Å². The zero-order chi connectivity index (χ0) is 14.3. The number of nitrogens with zero attached hydrogens (tertiary/aromatic N) is 1. The van der Waals surface area contributed by atoms with E-state index >= 15 is 0 Å². The molecule has 0 aliphatic heterocycles. The summed E-state index contributed by atoms with van der Waals surface area (Å²) in [6, 6.07) is 5.92. The van der Waals surface area contributed by atoms with Gasteiger partial charge in [-0.25, -0.2) is 0 Å². The smallest absolute Gasteiger partial charge is 0.243 e. The molecule has 0 fully saturated rings. The molecule has 0 aromatic heterocycles. The Balaban J connectivity index is 2.93. The Kier molecular flexibility index (Phi) is 6.60. The summed E-state index contributed by atoms with van der Waals surface area (Å²) in [5.74, 6) is -0.208. The fraction of sp³-hybridized carbons (Fsp3) is 0.400. The molecular formula is C15H20ClNO2. The number of aryl methyl sites for hydroxylation is 2. The fourth-order valence-electron chi connectivity index (χ4n) is 1.87. The van der Waals surface area contributed by atoms with Crippen molar-refractivity contribution < 1.29 is 9.53 Å². The van der Waals surface area contributed by atoms with Crippen LogP contribution < -0.4 is 4.90 Å². The SMILES string of the molecule is CC=CCOCN(C(=O)CCl)c1c(C)cccc1C. The fourth-order valence-corrected chi connectivity index (χ4v) is 2.02. The van der Waals surface area contributed by atoms with Crippen molar-refractivity contribution in [2.75, 3.05) is 24.1 Å². The van der Waals surface area contributed by atoms with Crippen molar-refractivity contribution in [1.82, 2.24) is 0 Å². The quantitative estimate of drug-likeness (QED) is 0.346. The van der Waals surface area contributed by atoms with Gasteiger partial charge in [-0.1, -0.05) is 30.4 Å². The van der Waals surface area contributed by atoms with Gasteiger partial charge in [0.25, 0.3) is 0 Å². The van der Waals surface area contributed by atoms with Crippen LogP contribution in [0.4, 0.5) is 5.69 Å². The molecule has 19 heavy (non-hydrogen) atoms. The van der Waals surface area contributed by atoms with Gasteiger partial charge in [-0.05, 0) is 31.9 Å². The van der Waals surface area contributed by atoms with Gasteiger partial charge in [-0.3, -0.25) is 9.69 Å². The van der Waals surface area contributed by atoms with Gasteiger partial charge in [0.05, 0.1) is 12.3 Å². The monoisotopic (exact) mass is 281 g/mol. The second-order valence-electron chi connectivity index (χ2n) is 4.26. The van der Waals surface area contributed by atoms with E-state index in [9.17, 15) is 4.79 Å². The maximum atomic E-state index is 12.0. The summed E-state index contributed by atoms with van der Waals surface area (Å²) >= 11 is 5.68. The highest BCUT2D eigenvalue weighted by atomic mass is 35.5. The third kappa shape index (κ3) is 4.37. The lowest BCUT2D eigenvalue weighted by Crippen LogP contribution is -2.35. The Morgan fingerprint density at radius 1 is 1.37 bits per heavy atom. The normalized spacial score (nSPS) is 10.9. The lowest BCUT2D eigenvalue weighted by molar-refractivity contribution is -0.117. The number of halogens is 1. The van der Waals surface area contributed by atoms with Crippen molar-refractivity contribution in [1.29, 1.82) is 0 Å². The number of amides is 1. The largest absolute Gasteiger partial charge is 0.357 e. The molecule has 1 amide bonds. The molecule has 0 aliphatic carbocycles. The van der Waals surface area contributed by atoms with Crippen LogP contribution in [0.3, 0.4) is 0 Å². The maximum absolute atomic E-state index is 12.0. The van der Waals surface area contributed by atoms with Crippen LogP contribution in [-0.4, -0.2) is 25.1 Å². The molecular weight excluding hydrogens is 262 g/mol. The van der Waals surface area contributed by atoms with Gasteiger partial charge < -0.3 is 4.74 Å². The molecule has 0 heterocycles. The summed E-state index contributed by atoms with van der Waals surface area (Å²) in [6.07, 6.45) is 3.81. The highest BCUT2D eigenvalue weighted by molar-refractivity contribution is 6.29. The minimum absolute atomic E-state index is 0.0548. The van der Waals surface area contributed by atoms with E-state index in [-0.39, 0.29) is 18.5 Å². The van der Waals surface area contributed by atoms with E-state index in [1.165, 1.54) is 0 Å². The van der Waals surface area contributed by atoms with Crippen LogP contribution in [-0.2, 0) is 9.53 Å². The van der Waals surface area contributed by atoms with E-state index in [1.807, 2.05) is 51.1 Å². The zero-order valence-electron chi connectivity index (χ0n) is 11.6. The molecule has 1 aromatic rings. The Hall–Kier alpha value is -1.32. The standard InChI is InChI=1S/C15H20ClNO2/c1-4-5-9-19-11-17(14(18)10-16)15-12(2)7-6-8-13(15)3/h4-8H,9-11H2,1-3H3. The highest BCUT2D eigenvalue weighted by Gasteiger charge is 2.18. The molecule has 1 rings (SSSR count). The van der Waals surface area contributed by atoms with Crippen LogP contribution in [0.2, 0.25) is 0 Å². The summed E-state index contributed by atoms with van der Waals surface area (Å²) in [5, 5.41) is 0. The van der Waals surface area contributed by atoms with Crippen LogP contribution in [0.15, 0.2) is 30.4 Å². The maximum Gasteiger partial charge on any atom is 0.243 e. The van der Waals surface area contributed by atoms with Crippen molar-refractivity contribution in [3.8, 4) is 0 Å². The van der Waals surface area contributed by atoms with E-state index in [0.717, 1.165) is 16.8 Å². The van der Waals surface area contributed by atoms with Crippen molar-refractivity contribution in [3.63, 3.8) is 0 Å². The molecule has 0 unspecified atom stereocenters. The molecule has 0 spiro atoms. The number of alkyl halides is 1. The van der Waals surface area contributed by atoms with Crippen molar-refractivity contribution in [2.45, 2.75) is 20.8 Å². The van der Waals surface area contributed by atoms with Crippen LogP contribution >= 0.6 is 11.6 Å². The third-order valence-electron chi connectivity index (χ3n) is 2.79. The van der Waals surface area contributed by atoms with E-state index in [1.54, 1.807) is 4.90 Å². The first kappa shape index (κ1) is 15.7. The van der Waals surface area contributed by atoms with E-state index in [0.29, 0.717) is 6.61 Å². The molecule has 0 aliphatic rings. The Morgan fingerprint density at radius 2 is 2.00 bits per heavy atom. The van der Waals surface area contributed by atoms with Gasteiger partial charge in [0.1, 0.15) is 12.6 Å². The Bertz CT molecular complexity index is 437. The molecule has 1 aromatic carbocycles. The molecule has 104 valence electrons. The first-order chi connectivity index (χ1) is 9.11. The van der Waals surface area contributed by atoms with Gasteiger partial charge in [-0.2, -0.15) is 0 Å². The summed E-state index contributed by atoms with van der Waals surface area (Å²) < 4.78 is 5.48. The number of hydrogen-bond acceptors (Lipinski definition) is 2. The number of anilines is 1. The second-order valence-corrected chi connectivity index (χ2v) is 4.53. The molecule has 0 saturated carbocycles. The Morgan fingerprint density at radius 3 is 2.53 bits per heavy atom. The van der Waals surface area contributed by atoms with Crippen LogP contribution in [0.1, 0.15) is 18.1 Å². The van der Waals surface area contributed by atoms with Gasteiger partial charge in [0, 0.05) is 0 Å². The number of allylic oxidation sites excluding steroid dienone is 1. The Labute approximate surface area is 119 Å². The molecule has 3 nitrogen and oxygen atoms in total.